The van der Waals surface area contributed by atoms with Crippen LogP contribution in [0.2, 0.25) is 0 Å². The molecule has 0 aliphatic carbocycles. The molecule has 1 aliphatic rings. The Balaban J connectivity index is 1.34. The molecule has 1 aliphatic heterocycles. The molecule has 28 heavy (non-hydrogen) atoms. The Kier molecular flexibility index (Phi) is 5.18. The number of nitrogens with zero attached hydrogens (tertiary/aromatic N) is 5. The maximum Gasteiger partial charge on any atom is 0.220 e. The molecule has 1 amide bonds. The Morgan fingerprint density at radius 1 is 1.32 bits per heavy atom. The highest BCUT2D eigenvalue weighted by atomic mass is 19.1. The van der Waals surface area contributed by atoms with E-state index >= 15 is 0 Å². The van der Waals surface area contributed by atoms with Crippen LogP contribution in [0.15, 0.2) is 36.7 Å². The molecular formula is C20H23FN6O. The van der Waals surface area contributed by atoms with Crippen molar-refractivity contribution in [3.05, 3.63) is 53.9 Å². The quantitative estimate of drug-likeness (QED) is 0.734. The van der Waals surface area contributed by atoms with Gasteiger partial charge in [-0.1, -0.05) is 12.1 Å². The summed E-state index contributed by atoms with van der Waals surface area (Å²) < 4.78 is 17.1. The highest BCUT2D eigenvalue weighted by molar-refractivity contribution is 5.76. The van der Waals surface area contributed by atoms with Crippen LogP contribution in [0.4, 0.5) is 4.39 Å². The van der Waals surface area contributed by atoms with Crippen LogP contribution < -0.4 is 5.32 Å². The first-order valence-corrected chi connectivity index (χ1v) is 9.53. The van der Waals surface area contributed by atoms with Gasteiger partial charge in [0.25, 0.3) is 0 Å². The van der Waals surface area contributed by atoms with Crippen LogP contribution in [-0.2, 0) is 31.2 Å². The van der Waals surface area contributed by atoms with E-state index in [4.69, 9.17) is 0 Å². The number of aromatic nitrogens is 5. The van der Waals surface area contributed by atoms with Crippen molar-refractivity contribution in [2.75, 3.05) is 0 Å². The second kappa shape index (κ2) is 7.92. The zero-order chi connectivity index (χ0) is 19.5. The topological polar surface area (TPSA) is 77.6 Å². The number of halogens is 1. The van der Waals surface area contributed by atoms with E-state index < -0.39 is 0 Å². The first-order valence-electron chi connectivity index (χ1n) is 9.53. The average molecular weight is 382 g/mol. The van der Waals surface area contributed by atoms with E-state index in [0.29, 0.717) is 12.8 Å². The molecule has 7 nitrogen and oxygen atoms in total. The fourth-order valence-corrected chi connectivity index (χ4v) is 3.63. The molecule has 3 heterocycles. The van der Waals surface area contributed by atoms with Gasteiger partial charge in [-0.05, 0) is 37.0 Å². The lowest BCUT2D eigenvalue weighted by Gasteiger charge is -2.16. The lowest BCUT2D eigenvalue weighted by molar-refractivity contribution is -0.121. The number of nitrogens with one attached hydrogen (secondary N) is 1. The van der Waals surface area contributed by atoms with Crippen molar-refractivity contribution in [3.8, 4) is 11.4 Å². The van der Waals surface area contributed by atoms with E-state index in [1.54, 1.807) is 16.9 Å². The predicted octanol–water partition coefficient (Wildman–Crippen LogP) is 2.27. The van der Waals surface area contributed by atoms with Crippen LogP contribution in [0.5, 0.6) is 0 Å². The Morgan fingerprint density at radius 3 is 3.00 bits per heavy atom. The second-order valence-electron chi connectivity index (χ2n) is 7.22. The molecule has 0 bridgehead atoms. The fraction of sp³-hybridized carbons (Fsp3) is 0.400. The molecule has 0 saturated heterocycles. The van der Waals surface area contributed by atoms with E-state index in [0.717, 1.165) is 48.6 Å². The lowest BCUT2D eigenvalue weighted by Crippen LogP contribution is -2.35. The highest BCUT2D eigenvalue weighted by Crippen LogP contribution is 2.22. The van der Waals surface area contributed by atoms with Crippen LogP contribution in [0, 0.1) is 5.82 Å². The summed E-state index contributed by atoms with van der Waals surface area (Å²) in [4.78, 5) is 12.3. The largest absolute Gasteiger partial charge is 0.353 e. The molecule has 0 saturated carbocycles. The van der Waals surface area contributed by atoms with Gasteiger partial charge in [-0.2, -0.15) is 5.10 Å². The SMILES string of the molecule is Cn1cc(-c2nnc3n2CCC(NC(=O)CCc2cccc(F)c2)CC3)cn1. The maximum absolute atomic E-state index is 13.2. The van der Waals surface area contributed by atoms with Crippen molar-refractivity contribution in [2.45, 2.75) is 44.7 Å². The summed E-state index contributed by atoms with van der Waals surface area (Å²) in [6, 6.07) is 6.50. The van der Waals surface area contributed by atoms with Gasteiger partial charge >= 0.3 is 0 Å². The van der Waals surface area contributed by atoms with Gasteiger partial charge in [0.05, 0.1) is 11.8 Å². The Bertz CT molecular complexity index is 979. The van der Waals surface area contributed by atoms with Crippen LogP contribution in [-0.4, -0.2) is 36.5 Å². The summed E-state index contributed by atoms with van der Waals surface area (Å²) in [6.45, 7) is 0.751. The zero-order valence-corrected chi connectivity index (χ0v) is 15.8. The molecule has 3 aromatic rings. The predicted molar refractivity (Wildman–Crippen MR) is 102 cm³/mol. The summed E-state index contributed by atoms with van der Waals surface area (Å²) in [7, 11) is 1.87. The number of hydrogen-bond acceptors (Lipinski definition) is 4. The Labute approximate surface area is 162 Å². The second-order valence-corrected chi connectivity index (χ2v) is 7.22. The molecule has 8 heteroatoms. The minimum absolute atomic E-state index is 0.000547. The normalized spacial score (nSPS) is 16.4. The summed E-state index contributed by atoms with van der Waals surface area (Å²) in [5.41, 5.74) is 1.78. The van der Waals surface area contributed by atoms with Crippen molar-refractivity contribution in [2.24, 2.45) is 7.05 Å². The minimum atomic E-state index is -0.269. The Morgan fingerprint density at radius 2 is 2.21 bits per heavy atom. The monoisotopic (exact) mass is 382 g/mol. The van der Waals surface area contributed by atoms with Gasteiger partial charge < -0.3 is 9.88 Å². The zero-order valence-electron chi connectivity index (χ0n) is 15.8. The van der Waals surface area contributed by atoms with Crippen molar-refractivity contribution < 1.29 is 9.18 Å². The highest BCUT2D eigenvalue weighted by Gasteiger charge is 2.22. The van der Waals surface area contributed by atoms with Crippen LogP contribution in [0.25, 0.3) is 11.4 Å². The van der Waals surface area contributed by atoms with Crippen molar-refractivity contribution >= 4 is 5.91 Å². The van der Waals surface area contributed by atoms with Crippen molar-refractivity contribution in [1.82, 2.24) is 29.9 Å². The van der Waals surface area contributed by atoms with Gasteiger partial charge in [0, 0.05) is 38.7 Å². The number of aryl methyl sites for hydroxylation is 3. The van der Waals surface area contributed by atoms with E-state index in [9.17, 15) is 9.18 Å². The third-order valence-corrected chi connectivity index (χ3v) is 5.10. The van der Waals surface area contributed by atoms with E-state index in [2.05, 4.69) is 25.2 Å². The van der Waals surface area contributed by atoms with Gasteiger partial charge in [-0.25, -0.2) is 4.39 Å². The first-order chi connectivity index (χ1) is 13.6. The van der Waals surface area contributed by atoms with Gasteiger partial charge in [-0.15, -0.1) is 10.2 Å². The summed E-state index contributed by atoms with van der Waals surface area (Å²) in [5, 5.41) is 16.0. The Hall–Kier alpha value is -3.03. The molecule has 0 spiro atoms. The van der Waals surface area contributed by atoms with Gasteiger partial charge in [-0.3, -0.25) is 9.48 Å². The number of hydrogen-bond donors (Lipinski definition) is 1. The molecular weight excluding hydrogens is 359 g/mol. The minimum Gasteiger partial charge on any atom is -0.353 e. The van der Waals surface area contributed by atoms with Crippen molar-refractivity contribution in [1.29, 1.82) is 0 Å². The molecule has 1 N–H and O–H groups in total. The van der Waals surface area contributed by atoms with Gasteiger partial charge in [0.15, 0.2) is 5.82 Å². The number of fused-ring (bicyclic) bond motifs is 1. The number of amides is 1. The molecule has 4 rings (SSSR count). The van der Waals surface area contributed by atoms with Crippen LogP contribution in [0.1, 0.15) is 30.7 Å². The number of carbonyl (C=O) groups excluding carboxylic acids is 1. The standard InChI is InChI=1S/C20H23FN6O/c1-26-13-15(12-22-26)20-25-24-18-7-6-17(9-10-27(18)20)23-19(28)8-5-14-3-2-4-16(21)11-14/h2-4,11-13,17H,5-10H2,1H3,(H,23,28). The smallest absolute Gasteiger partial charge is 0.220 e. The number of rotatable bonds is 5. The molecule has 0 radical (unpaired) electrons. The number of carbonyl (C=O) groups is 1. The fourth-order valence-electron chi connectivity index (χ4n) is 3.63. The van der Waals surface area contributed by atoms with Gasteiger partial charge in [0.2, 0.25) is 5.91 Å². The van der Waals surface area contributed by atoms with Crippen LogP contribution >= 0.6 is 0 Å². The summed E-state index contributed by atoms with van der Waals surface area (Å²) >= 11 is 0. The molecule has 146 valence electrons. The van der Waals surface area contributed by atoms with Crippen molar-refractivity contribution in [3.63, 3.8) is 0 Å². The molecule has 1 aromatic carbocycles. The third kappa shape index (κ3) is 4.11. The maximum atomic E-state index is 13.2. The molecule has 0 fully saturated rings. The molecule has 1 atom stereocenters. The molecule has 2 aromatic heterocycles. The number of benzene rings is 1. The average Bonchev–Trinajstić information content (AvgIpc) is 3.23. The van der Waals surface area contributed by atoms with E-state index in [1.807, 2.05) is 19.3 Å². The summed E-state index contributed by atoms with van der Waals surface area (Å²) in [6.07, 6.45) is 7.02. The third-order valence-electron chi connectivity index (χ3n) is 5.10. The van der Waals surface area contributed by atoms with Gasteiger partial charge in [0.1, 0.15) is 11.6 Å². The molecule has 1 unspecified atom stereocenters. The van der Waals surface area contributed by atoms with E-state index in [1.165, 1.54) is 12.1 Å². The van der Waals surface area contributed by atoms with Crippen LogP contribution in [0.3, 0.4) is 0 Å². The van der Waals surface area contributed by atoms with E-state index in [-0.39, 0.29) is 17.8 Å². The lowest BCUT2D eigenvalue weighted by atomic mass is 10.1. The first kappa shape index (κ1) is 18.3. The summed E-state index contributed by atoms with van der Waals surface area (Å²) in [5.74, 6) is 1.49.